The molecule has 1 aromatic carbocycles. The highest BCUT2D eigenvalue weighted by atomic mass is 35.5. The first kappa shape index (κ1) is 10.6. The van der Waals surface area contributed by atoms with E-state index in [-0.39, 0.29) is 5.78 Å². The Bertz CT molecular complexity index is 323. The fourth-order valence-corrected chi connectivity index (χ4v) is 1.96. The van der Waals surface area contributed by atoms with Crippen LogP contribution in [-0.4, -0.2) is 12.0 Å². The summed E-state index contributed by atoms with van der Waals surface area (Å²) in [6, 6.07) is 5.73. The smallest absolute Gasteiger partial charge is 0.134 e. The van der Waals surface area contributed by atoms with Gasteiger partial charge in [-0.25, -0.2) is 0 Å². The molecule has 1 rings (SSSR count). The number of ketones is 1. The lowest BCUT2D eigenvalue weighted by Crippen LogP contribution is -1.96. The fraction of sp³-hybridized carbons (Fsp3) is 0.300. The third kappa shape index (κ3) is 3.41. The van der Waals surface area contributed by atoms with E-state index in [1.807, 2.05) is 24.5 Å². The Morgan fingerprint density at radius 3 is 2.69 bits per heavy atom. The lowest BCUT2D eigenvalue weighted by Gasteiger charge is -2.02. The highest BCUT2D eigenvalue weighted by Crippen LogP contribution is 2.22. The van der Waals surface area contributed by atoms with Crippen LogP contribution in [0.2, 0.25) is 5.02 Å². The zero-order chi connectivity index (χ0) is 9.84. The summed E-state index contributed by atoms with van der Waals surface area (Å²) in [6.07, 6.45) is 2.46. The van der Waals surface area contributed by atoms with Crippen molar-refractivity contribution in [2.45, 2.75) is 18.2 Å². The highest BCUT2D eigenvalue weighted by molar-refractivity contribution is 7.98. The molecule has 13 heavy (non-hydrogen) atoms. The van der Waals surface area contributed by atoms with E-state index in [2.05, 4.69) is 0 Å². The van der Waals surface area contributed by atoms with Crippen LogP contribution in [0.1, 0.15) is 12.5 Å². The van der Waals surface area contributed by atoms with Crippen molar-refractivity contribution in [2.75, 3.05) is 6.26 Å². The van der Waals surface area contributed by atoms with Crippen LogP contribution in [0.4, 0.5) is 0 Å². The quantitative estimate of drug-likeness (QED) is 0.719. The molecule has 0 amide bonds. The molecule has 0 aliphatic carbocycles. The van der Waals surface area contributed by atoms with Gasteiger partial charge in [-0.2, -0.15) is 0 Å². The predicted molar refractivity (Wildman–Crippen MR) is 57.6 cm³/mol. The van der Waals surface area contributed by atoms with Gasteiger partial charge in [0.25, 0.3) is 0 Å². The van der Waals surface area contributed by atoms with Crippen LogP contribution in [-0.2, 0) is 11.2 Å². The minimum atomic E-state index is 0.161. The number of Topliss-reactive ketones (excluding diaryl/α,β-unsaturated/α-hetero) is 1. The van der Waals surface area contributed by atoms with E-state index in [0.29, 0.717) is 11.4 Å². The van der Waals surface area contributed by atoms with Crippen LogP contribution < -0.4 is 0 Å². The van der Waals surface area contributed by atoms with Crippen LogP contribution >= 0.6 is 23.4 Å². The van der Waals surface area contributed by atoms with Gasteiger partial charge >= 0.3 is 0 Å². The molecule has 0 N–H and O–H groups in total. The summed E-state index contributed by atoms with van der Waals surface area (Å²) in [4.78, 5) is 12.0. The fourth-order valence-electron chi connectivity index (χ4n) is 1.13. The second-order valence-electron chi connectivity index (χ2n) is 2.88. The molecule has 70 valence electrons. The normalized spacial score (nSPS) is 10.1. The van der Waals surface area contributed by atoms with Crippen molar-refractivity contribution in [3.8, 4) is 0 Å². The van der Waals surface area contributed by atoms with E-state index in [4.69, 9.17) is 11.6 Å². The van der Waals surface area contributed by atoms with Gasteiger partial charge in [-0.1, -0.05) is 11.6 Å². The van der Waals surface area contributed by atoms with E-state index < -0.39 is 0 Å². The Kier molecular flexibility index (Phi) is 3.82. The number of thioether (sulfide) groups is 1. The Labute approximate surface area is 87.5 Å². The average Bonchev–Trinajstić information content (AvgIpc) is 2.01. The summed E-state index contributed by atoms with van der Waals surface area (Å²) in [5.74, 6) is 0.161. The Morgan fingerprint density at radius 1 is 1.46 bits per heavy atom. The van der Waals surface area contributed by atoms with Gasteiger partial charge < -0.3 is 0 Å². The molecule has 0 fully saturated rings. The van der Waals surface area contributed by atoms with Crippen molar-refractivity contribution in [1.29, 1.82) is 0 Å². The molecule has 3 heteroatoms. The maximum Gasteiger partial charge on any atom is 0.134 e. The summed E-state index contributed by atoms with van der Waals surface area (Å²) in [6.45, 7) is 1.58. The number of hydrogen-bond donors (Lipinski definition) is 0. The Morgan fingerprint density at radius 2 is 2.15 bits per heavy atom. The number of halogens is 1. The first-order valence-electron chi connectivity index (χ1n) is 3.94. The lowest BCUT2D eigenvalue weighted by atomic mass is 10.1. The third-order valence-corrected chi connectivity index (χ3v) is 2.55. The molecule has 0 aromatic heterocycles. The summed E-state index contributed by atoms with van der Waals surface area (Å²) < 4.78 is 0. The van der Waals surface area contributed by atoms with Gasteiger partial charge in [-0.05, 0) is 36.9 Å². The molecule has 0 heterocycles. The van der Waals surface area contributed by atoms with E-state index in [9.17, 15) is 4.79 Å². The zero-order valence-electron chi connectivity index (χ0n) is 7.63. The topological polar surface area (TPSA) is 17.1 Å². The average molecular weight is 215 g/mol. The minimum absolute atomic E-state index is 0.161. The monoisotopic (exact) mass is 214 g/mol. The summed E-state index contributed by atoms with van der Waals surface area (Å²) >= 11 is 7.52. The molecule has 0 bridgehead atoms. The second-order valence-corrected chi connectivity index (χ2v) is 4.19. The summed E-state index contributed by atoms with van der Waals surface area (Å²) in [5.41, 5.74) is 0.990. The molecular weight excluding hydrogens is 204 g/mol. The van der Waals surface area contributed by atoms with E-state index in [1.165, 1.54) is 0 Å². The van der Waals surface area contributed by atoms with Crippen molar-refractivity contribution >= 4 is 29.1 Å². The molecule has 1 nitrogen and oxygen atoms in total. The lowest BCUT2D eigenvalue weighted by molar-refractivity contribution is -0.116. The van der Waals surface area contributed by atoms with Crippen LogP contribution in [0, 0.1) is 0 Å². The maximum absolute atomic E-state index is 10.9. The number of benzene rings is 1. The molecule has 1 aromatic rings. The van der Waals surface area contributed by atoms with Crippen molar-refractivity contribution < 1.29 is 4.79 Å². The predicted octanol–water partition coefficient (Wildman–Crippen LogP) is 3.19. The third-order valence-electron chi connectivity index (χ3n) is 1.62. The SMILES string of the molecule is CSc1cc(Cl)cc(CC(C)=O)c1. The number of rotatable bonds is 3. The summed E-state index contributed by atoms with van der Waals surface area (Å²) in [5, 5.41) is 0.697. The van der Waals surface area contributed by atoms with Gasteiger partial charge in [0.1, 0.15) is 5.78 Å². The molecule has 0 radical (unpaired) electrons. The summed E-state index contributed by atoms with van der Waals surface area (Å²) in [7, 11) is 0. The van der Waals surface area contributed by atoms with Gasteiger partial charge in [-0.15, -0.1) is 11.8 Å². The number of carbonyl (C=O) groups is 1. The van der Waals surface area contributed by atoms with E-state index in [1.54, 1.807) is 18.7 Å². The maximum atomic E-state index is 10.9. The number of carbonyl (C=O) groups excluding carboxylic acids is 1. The highest BCUT2D eigenvalue weighted by Gasteiger charge is 2.01. The van der Waals surface area contributed by atoms with Crippen molar-refractivity contribution in [3.05, 3.63) is 28.8 Å². The second kappa shape index (κ2) is 4.68. The molecule has 0 saturated heterocycles. The van der Waals surface area contributed by atoms with Crippen molar-refractivity contribution in [2.24, 2.45) is 0 Å². The Balaban J connectivity index is 2.94. The molecule has 0 atom stereocenters. The van der Waals surface area contributed by atoms with Crippen LogP contribution in [0.15, 0.2) is 23.1 Å². The van der Waals surface area contributed by atoms with Crippen molar-refractivity contribution in [3.63, 3.8) is 0 Å². The van der Waals surface area contributed by atoms with Gasteiger partial charge in [0.15, 0.2) is 0 Å². The first-order chi connectivity index (χ1) is 6.11. The van der Waals surface area contributed by atoms with Gasteiger partial charge in [0.05, 0.1) is 0 Å². The van der Waals surface area contributed by atoms with Gasteiger partial charge in [0.2, 0.25) is 0 Å². The van der Waals surface area contributed by atoms with Gasteiger partial charge in [0, 0.05) is 16.3 Å². The van der Waals surface area contributed by atoms with E-state index >= 15 is 0 Å². The number of hydrogen-bond acceptors (Lipinski definition) is 2. The largest absolute Gasteiger partial charge is 0.300 e. The first-order valence-corrected chi connectivity index (χ1v) is 5.55. The van der Waals surface area contributed by atoms with Gasteiger partial charge in [-0.3, -0.25) is 4.79 Å². The molecule has 0 saturated carbocycles. The molecule has 0 unspecified atom stereocenters. The van der Waals surface area contributed by atoms with Crippen LogP contribution in [0.3, 0.4) is 0 Å². The van der Waals surface area contributed by atoms with Crippen LogP contribution in [0.5, 0.6) is 0 Å². The molecule has 0 spiro atoms. The Hall–Kier alpha value is -0.470. The molecule has 0 aliphatic rings. The van der Waals surface area contributed by atoms with Crippen molar-refractivity contribution in [1.82, 2.24) is 0 Å². The molecular formula is C10H11ClOS. The standard InChI is InChI=1S/C10H11ClOS/c1-7(12)3-8-4-9(11)6-10(5-8)13-2/h4-6H,3H2,1-2H3. The zero-order valence-corrected chi connectivity index (χ0v) is 9.21. The molecule has 0 aliphatic heterocycles. The van der Waals surface area contributed by atoms with E-state index in [0.717, 1.165) is 10.5 Å². The minimum Gasteiger partial charge on any atom is -0.300 e. The van der Waals surface area contributed by atoms with Crippen LogP contribution in [0.25, 0.3) is 0 Å².